The van der Waals surface area contributed by atoms with Gasteiger partial charge in [-0.05, 0) is 51.8 Å². The van der Waals surface area contributed by atoms with Gasteiger partial charge in [0.05, 0.1) is 22.6 Å². The molecule has 3 aromatic rings. The molecule has 0 aliphatic rings. The second-order valence-electron chi connectivity index (χ2n) is 9.19. The molecule has 1 heterocycles. The predicted octanol–water partition coefficient (Wildman–Crippen LogP) is -0.585. The molecule has 2 aromatic carbocycles. The van der Waals surface area contributed by atoms with Crippen LogP contribution in [0.4, 0.5) is 0 Å². The molecule has 0 aliphatic carbocycles. The van der Waals surface area contributed by atoms with Gasteiger partial charge >= 0.3 is 7.48 Å². The fourth-order valence-electron chi connectivity index (χ4n) is 3.17. The first kappa shape index (κ1) is 25.3. The number of aromatic nitrogens is 1. The Morgan fingerprint density at radius 3 is 1.94 bits per heavy atom. The molecule has 0 spiro atoms. The van der Waals surface area contributed by atoms with E-state index in [0.29, 0.717) is 11.1 Å². The number of phenolic OH excluding ortho intramolecular Hbond substituents is 1. The quantitative estimate of drug-likeness (QED) is 0.517. The molecule has 9 radical (unpaired) electrons. The molecule has 0 saturated carbocycles. The third-order valence-corrected chi connectivity index (χ3v) is 6.18. The number of benzene rings is 2. The maximum absolute atomic E-state index is 10.2. The topological polar surface area (TPSA) is 62.6 Å². The van der Waals surface area contributed by atoms with E-state index >= 15 is 0 Å². The Hall–Kier alpha value is -2.37. The number of phenols is 1. The van der Waals surface area contributed by atoms with Gasteiger partial charge in [0.15, 0.2) is 0 Å². The van der Waals surface area contributed by atoms with Crippen LogP contribution in [0, 0.1) is 6.92 Å². The molecule has 2 N–H and O–H groups in total. The van der Waals surface area contributed by atoms with Crippen LogP contribution in [0.15, 0.2) is 36.5 Å². The summed E-state index contributed by atoms with van der Waals surface area (Å²) in [4.78, 5) is 4.57. The van der Waals surface area contributed by atoms with Gasteiger partial charge in [-0.15, -0.1) is 0 Å². The van der Waals surface area contributed by atoms with E-state index in [1.54, 1.807) is 27.5 Å². The Morgan fingerprint density at radius 2 is 1.45 bits per heavy atom. The van der Waals surface area contributed by atoms with Crippen molar-refractivity contribution in [1.82, 2.24) is 4.98 Å². The second-order valence-corrected chi connectivity index (χ2v) is 9.19. The highest BCUT2D eigenvalue weighted by atomic mass is 16.5. The maximum atomic E-state index is 10.2. The summed E-state index contributed by atoms with van der Waals surface area (Å²) in [7, 11) is 25.7. The largest absolute Gasteiger partial charge is 0.509 e. The van der Waals surface area contributed by atoms with Gasteiger partial charge in [0.1, 0.15) is 31.4 Å². The van der Waals surface area contributed by atoms with Gasteiger partial charge in [-0.2, -0.15) is 0 Å². The summed E-state index contributed by atoms with van der Waals surface area (Å²) in [5, 5.41) is 20.2. The summed E-state index contributed by atoms with van der Waals surface area (Å²) < 4.78 is 5.81. The molecular weight excluding hydrogens is 404 g/mol. The summed E-state index contributed by atoms with van der Waals surface area (Å²) in [5.74, 6) is -0.317. The molecular formula is C24H23B5NO3. The molecule has 0 fully saturated rings. The molecule has 3 rings (SSSR count). The minimum absolute atomic E-state index is 0.0120. The molecule has 157 valence electrons. The lowest BCUT2D eigenvalue weighted by Crippen LogP contribution is -2.49. The van der Waals surface area contributed by atoms with Crippen LogP contribution in [0.2, 0.25) is 0 Å². The van der Waals surface area contributed by atoms with E-state index in [1.165, 1.54) is 0 Å². The Labute approximate surface area is 202 Å². The molecule has 0 saturated heterocycles. The number of aryl methyl sites for hydroxylation is 1. The smallest absolute Gasteiger partial charge is 0.330 e. The highest BCUT2D eigenvalue weighted by molar-refractivity contribution is 6.61. The highest BCUT2D eigenvalue weighted by Gasteiger charge is 2.35. The third kappa shape index (κ3) is 4.95. The van der Waals surface area contributed by atoms with Crippen molar-refractivity contribution in [2.75, 3.05) is 0 Å². The minimum atomic E-state index is -0.994. The van der Waals surface area contributed by atoms with Gasteiger partial charge in [0, 0.05) is 17.3 Å². The summed E-state index contributed by atoms with van der Waals surface area (Å²) in [5.41, 5.74) is 3.09. The van der Waals surface area contributed by atoms with E-state index < -0.39 is 11.2 Å². The molecule has 4 nitrogen and oxygen atoms in total. The summed E-state index contributed by atoms with van der Waals surface area (Å²) in [6.07, 6.45) is 1.66. The fourth-order valence-corrected chi connectivity index (χ4v) is 3.17. The molecule has 33 heavy (non-hydrogen) atoms. The normalized spacial score (nSPS) is 12.1. The molecule has 0 bridgehead atoms. The van der Waals surface area contributed by atoms with Crippen molar-refractivity contribution < 1.29 is 14.9 Å². The lowest BCUT2D eigenvalue weighted by molar-refractivity contribution is -0.0893. The zero-order chi connectivity index (χ0) is 24.7. The number of hydrogen-bond donors (Lipinski definition) is 2. The minimum Gasteiger partial charge on any atom is -0.509 e. The van der Waals surface area contributed by atoms with Gasteiger partial charge in [0.25, 0.3) is 0 Å². The van der Waals surface area contributed by atoms with Crippen molar-refractivity contribution in [1.29, 1.82) is 0 Å². The lowest BCUT2D eigenvalue weighted by Gasteiger charge is -2.37. The monoisotopic (exact) mass is 428 g/mol. The van der Waals surface area contributed by atoms with Crippen LogP contribution in [0.25, 0.3) is 22.4 Å². The highest BCUT2D eigenvalue weighted by Crippen LogP contribution is 2.26. The van der Waals surface area contributed by atoms with E-state index in [-0.39, 0.29) is 27.6 Å². The molecule has 0 amide bonds. The SMILES string of the molecule is [B]c1c([B])c(-c2cnc(-c3ccc([B]OC(C)(C)C(C)(C)O)cc3)cc2C)c([B])c([B])c1O. The van der Waals surface area contributed by atoms with Crippen molar-refractivity contribution in [2.24, 2.45) is 0 Å². The molecule has 0 atom stereocenters. The first-order valence-electron chi connectivity index (χ1n) is 10.5. The second kappa shape index (κ2) is 9.11. The maximum Gasteiger partial charge on any atom is 0.330 e. The van der Waals surface area contributed by atoms with E-state index in [0.717, 1.165) is 22.3 Å². The van der Waals surface area contributed by atoms with Gasteiger partial charge < -0.3 is 14.9 Å². The van der Waals surface area contributed by atoms with Crippen LogP contribution >= 0.6 is 0 Å². The number of pyridine rings is 1. The van der Waals surface area contributed by atoms with Crippen molar-refractivity contribution >= 4 is 66.2 Å². The van der Waals surface area contributed by atoms with Crippen LogP contribution in [-0.4, -0.2) is 65.3 Å². The van der Waals surface area contributed by atoms with Crippen LogP contribution < -0.4 is 27.3 Å². The van der Waals surface area contributed by atoms with E-state index in [4.69, 9.17) is 36.0 Å². The average molecular weight is 428 g/mol. The summed E-state index contributed by atoms with van der Waals surface area (Å²) in [6.45, 7) is 9.00. The Kier molecular flexibility index (Phi) is 6.98. The first-order chi connectivity index (χ1) is 15.2. The number of rotatable bonds is 6. The summed E-state index contributed by atoms with van der Waals surface area (Å²) in [6, 6.07) is 9.62. The van der Waals surface area contributed by atoms with E-state index in [9.17, 15) is 10.2 Å². The van der Waals surface area contributed by atoms with Gasteiger partial charge in [-0.25, -0.2) is 0 Å². The number of aliphatic hydroxyl groups is 1. The predicted molar refractivity (Wildman–Crippen MR) is 140 cm³/mol. The van der Waals surface area contributed by atoms with Crippen LogP contribution in [-0.2, 0) is 4.65 Å². The molecule has 9 heteroatoms. The standard InChI is InChI=1S/C24H23B5NO3/c1-12-10-16(13-6-8-14(9-7-13)29-33-24(4,5)23(2,3)32)30-11-15(12)17-18(25)20(27)22(31)21(28)19(17)26/h6-11,31-32H,1-5H3. The third-order valence-electron chi connectivity index (χ3n) is 6.18. The van der Waals surface area contributed by atoms with Crippen LogP contribution in [0.1, 0.15) is 33.3 Å². The Morgan fingerprint density at radius 1 is 0.909 bits per heavy atom. The molecule has 0 aliphatic heterocycles. The van der Waals surface area contributed by atoms with Gasteiger partial charge in [-0.3, -0.25) is 4.98 Å². The van der Waals surface area contributed by atoms with E-state index in [1.807, 2.05) is 51.1 Å². The zero-order valence-corrected chi connectivity index (χ0v) is 19.6. The van der Waals surface area contributed by atoms with Crippen LogP contribution in [0.3, 0.4) is 0 Å². The van der Waals surface area contributed by atoms with Crippen molar-refractivity contribution in [2.45, 2.75) is 45.8 Å². The average Bonchev–Trinajstić information content (AvgIpc) is 2.75. The van der Waals surface area contributed by atoms with E-state index in [2.05, 4.69) is 4.98 Å². The molecule has 0 unspecified atom stereocenters. The van der Waals surface area contributed by atoms with Crippen LogP contribution in [0.5, 0.6) is 5.75 Å². The number of nitrogens with zero attached hydrogens (tertiary/aromatic N) is 1. The Balaban J connectivity index is 1.87. The number of aromatic hydroxyl groups is 1. The summed E-state index contributed by atoms with van der Waals surface area (Å²) >= 11 is 0. The van der Waals surface area contributed by atoms with Crippen molar-refractivity contribution in [3.8, 4) is 28.1 Å². The first-order valence-corrected chi connectivity index (χ1v) is 10.5. The van der Waals surface area contributed by atoms with Crippen molar-refractivity contribution in [3.63, 3.8) is 0 Å². The fraction of sp³-hybridized carbons (Fsp3) is 0.292. The lowest BCUT2D eigenvalue weighted by atomic mass is 9.65. The number of hydrogen-bond acceptors (Lipinski definition) is 4. The van der Waals surface area contributed by atoms with Crippen molar-refractivity contribution in [3.05, 3.63) is 42.1 Å². The zero-order valence-electron chi connectivity index (χ0n) is 19.6. The Bertz CT molecular complexity index is 1160. The molecule has 1 aromatic heterocycles. The van der Waals surface area contributed by atoms with Gasteiger partial charge in [0.2, 0.25) is 0 Å². The van der Waals surface area contributed by atoms with Gasteiger partial charge in [-0.1, -0.05) is 51.6 Å².